The van der Waals surface area contributed by atoms with Gasteiger partial charge >= 0.3 is 0 Å². The van der Waals surface area contributed by atoms with Gasteiger partial charge in [0, 0.05) is 38.1 Å². The summed E-state index contributed by atoms with van der Waals surface area (Å²) < 4.78 is 26.1. The van der Waals surface area contributed by atoms with Crippen molar-refractivity contribution in [3.63, 3.8) is 0 Å². The lowest BCUT2D eigenvalue weighted by Gasteiger charge is -2.37. The van der Waals surface area contributed by atoms with Crippen LogP contribution in [-0.2, 0) is 16.6 Å². The summed E-state index contributed by atoms with van der Waals surface area (Å²) in [5, 5.41) is 3.18. The minimum atomic E-state index is -3.13. The molecule has 0 bridgehead atoms. The summed E-state index contributed by atoms with van der Waals surface area (Å²) in [5.41, 5.74) is 1.15. The summed E-state index contributed by atoms with van der Waals surface area (Å²) in [4.78, 5) is 4.10. The quantitative estimate of drug-likeness (QED) is 0.897. The summed E-state index contributed by atoms with van der Waals surface area (Å²) in [6, 6.07) is 4.32. The summed E-state index contributed by atoms with van der Waals surface area (Å²) in [6.45, 7) is 7.59. The van der Waals surface area contributed by atoms with Crippen molar-refractivity contribution in [1.29, 1.82) is 0 Å². The van der Waals surface area contributed by atoms with Crippen molar-refractivity contribution in [2.45, 2.75) is 45.0 Å². The molecule has 118 valence electrons. The van der Waals surface area contributed by atoms with Crippen LogP contribution in [0.1, 0.15) is 32.8 Å². The second kappa shape index (κ2) is 6.85. The van der Waals surface area contributed by atoms with E-state index < -0.39 is 10.0 Å². The van der Waals surface area contributed by atoms with Crippen LogP contribution in [0.15, 0.2) is 24.5 Å². The van der Waals surface area contributed by atoms with Crippen molar-refractivity contribution in [3.8, 4) is 0 Å². The van der Waals surface area contributed by atoms with E-state index >= 15 is 0 Å². The van der Waals surface area contributed by atoms with Crippen molar-refractivity contribution in [2.75, 3.05) is 13.1 Å². The highest BCUT2D eigenvalue weighted by atomic mass is 32.2. The summed E-state index contributed by atoms with van der Waals surface area (Å²) in [5.74, 6) is 0.309. The molecule has 0 saturated carbocycles. The van der Waals surface area contributed by atoms with Crippen LogP contribution in [0.3, 0.4) is 0 Å². The number of piperidine rings is 1. The second-order valence-electron chi connectivity index (χ2n) is 6.07. The van der Waals surface area contributed by atoms with Gasteiger partial charge in [0.2, 0.25) is 10.0 Å². The van der Waals surface area contributed by atoms with E-state index in [9.17, 15) is 8.42 Å². The zero-order valence-electron chi connectivity index (χ0n) is 13.0. The molecule has 0 aromatic carbocycles. The van der Waals surface area contributed by atoms with E-state index in [0.717, 1.165) is 18.5 Å². The SMILES string of the molecule is CC(C)S(=O)(=O)N1CC[C@@H](NCc2cccnc2)[C@H](C)C1. The van der Waals surface area contributed by atoms with Crippen molar-refractivity contribution in [2.24, 2.45) is 5.92 Å². The molecule has 6 heteroatoms. The van der Waals surface area contributed by atoms with Crippen LogP contribution in [0.25, 0.3) is 0 Å². The minimum absolute atomic E-state index is 0.309. The number of hydrogen-bond donors (Lipinski definition) is 1. The largest absolute Gasteiger partial charge is 0.310 e. The average molecular weight is 311 g/mol. The lowest BCUT2D eigenvalue weighted by molar-refractivity contribution is 0.218. The fraction of sp³-hybridized carbons (Fsp3) is 0.667. The predicted octanol–water partition coefficient (Wildman–Crippen LogP) is 1.62. The van der Waals surface area contributed by atoms with Crippen LogP contribution in [0.5, 0.6) is 0 Å². The molecule has 1 aliphatic heterocycles. The summed E-state index contributed by atoms with van der Waals surface area (Å²) in [7, 11) is -3.13. The Labute approximate surface area is 127 Å². The maximum absolute atomic E-state index is 12.2. The molecule has 0 amide bonds. The number of hydrogen-bond acceptors (Lipinski definition) is 4. The lowest BCUT2D eigenvalue weighted by atomic mass is 9.95. The molecule has 1 N–H and O–H groups in total. The van der Waals surface area contributed by atoms with Gasteiger partial charge in [-0.15, -0.1) is 0 Å². The fourth-order valence-electron chi connectivity index (χ4n) is 2.69. The van der Waals surface area contributed by atoms with Gasteiger partial charge in [-0.1, -0.05) is 13.0 Å². The smallest absolute Gasteiger partial charge is 0.216 e. The van der Waals surface area contributed by atoms with Crippen LogP contribution >= 0.6 is 0 Å². The first kappa shape index (κ1) is 16.4. The zero-order valence-corrected chi connectivity index (χ0v) is 13.8. The van der Waals surface area contributed by atoms with E-state index in [1.807, 2.05) is 18.3 Å². The topological polar surface area (TPSA) is 62.3 Å². The fourth-order valence-corrected chi connectivity index (χ4v) is 4.09. The predicted molar refractivity (Wildman–Crippen MR) is 84.3 cm³/mol. The molecule has 0 spiro atoms. The molecular formula is C15H25N3O2S. The number of aromatic nitrogens is 1. The minimum Gasteiger partial charge on any atom is -0.310 e. The highest BCUT2D eigenvalue weighted by molar-refractivity contribution is 7.89. The number of nitrogens with one attached hydrogen (secondary N) is 1. The van der Waals surface area contributed by atoms with Crippen LogP contribution in [0.4, 0.5) is 0 Å². The van der Waals surface area contributed by atoms with E-state index in [1.54, 1.807) is 24.3 Å². The molecule has 1 aliphatic rings. The number of rotatable bonds is 5. The number of pyridine rings is 1. The third kappa shape index (κ3) is 4.02. The van der Waals surface area contributed by atoms with Gasteiger partial charge in [-0.25, -0.2) is 12.7 Å². The van der Waals surface area contributed by atoms with Crippen LogP contribution in [-0.4, -0.2) is 42.1 Å². The monoisotopic (exact) mass is 311 g/mol. The molecule has 0 unspecified atom stereocenters. The van der Waals surface area contributed by atoms with Gasteiger partial charge in [-0.05, 0) is 37.8 Å². The molecule has 0 aliphatic carbocycles. The first-order chi connectivity index (χ1) is 9.91. The van der Waals surface area contributed by atoms with Gasteiger partial charge < -0.3 is 5.32 Å². The molecule has 21 heavy (non-hydrogen) atoms. The van der Waals surface area contributed by atoms with Crippen molar-refractivity contribution in [1.82, 2.24) is 14.6 Å². The van der Waals surface area contributed by atoms with Crippen LogP contribution < -0.4 is 5.32 Å². The molecular weight excluding hydrogens is 286 g/mol. The van der Waals surface area contributed by atoms with Gasteiger partial charge in [0.15, 0.2) is 0 Å². The molecule has 5 nitrogen and oxygen atoms in total. The van der Waals surface area contributed by atoms with E-state index in [0.29, 0.717) is 25.0 Å². The Hall–Kier alpha value is -0.980. The van der Waals surface area contributed by atoms with Crippen molar-refractivity contribution in [3.05, 3.63) is 30.1 Å². The Morgan fingerprint density at radius 2 is 2.24 bits per heavy atom. The van der Waals surface area contributed by atoms with E-state index in [-0.39, 0.29) is 5.25 Å². The van der Waals surface area contributed by atoms with E-state index in [4.69, 9.17) is 0 Å². The first-order valence-electron chi connectivity index (χ1n) is 7.52. The Balaban J connectivity index is 1.90. The van der Waals surface area contributed by atoms with Gasteiger partial charge in [0.1, 0.15) is 0 Å². The Morgan fingerprint density at radius 1 is 1.48 bits per heavy atom. The average Bonchev–Trinajstić information content (AvgIpc) is 2.46. The highest BCUT2D eigenvalue weighted by Crippen LogP contribution is 2.21. The molecule has 1 fully saturated rings. The summed E-state index contributed by atoms with van der Waals surface area (Å²) >= 11 is 0. The first-order valence-corrected chi connectivity index (χ1v) is 9.03. The van der Waals surface area contributed by atoms with Gasteiger partial charge in [-0.3, -0.25) is 4.98 Å². The van der Waals surface area contributed by atoms with Gasteiger partial charge in [0.05, 0.1) is 5.25 Å². The molecule has 2 heterocycles. The Bertz CT molecular complexity index is 545. The Kier molecular flexibility index (Phi) is 5.35. The molecule has 1 saturated heterocycles. The third-order valence-corrected chi connectivity index (χ3v) is 6.36. The third-order valence-electron chi connectivity index (χ3n) is 4.11. The molecule has 0 radical (unpaired) electrons. The van der Waals surface area contributed by atoms with Crippen LogP contribution in [0.2, 0.25) is 0 Å². The highest BCUT2D eigenvalue weighted by Gasteiger charge is 2.33. The van der Waals surface area contributed by atoms with E-state index in [1.165, 1.54) is 0 Å². The molecule has 1 aromatic rings. The van der Waals surface area contributed by atoms with Gasteiger partial charge in [-0.2, -0.15) is 0 Å². The normalized spacial score (nSPS) is 24.4. The zero-order chi connectivity index (χ0) is 15.5. The van der Waals surface area contributed by atoms with Crippen molar-refractivity contribution >= 4 is 10.0 Å². The number of nitrogens with zero attached hydrogens (tertiary/aromatic N) is 2. The second-order valence-corrected chi connectivity index (χ2v) is 8.56. The summed E-state index contributed by atoms with van der Waals surface area (Å²) in [6.07, 6.45) is 4.48. The van der Waals surface area contributed by atoms with Crippen molar-refractivity contribution < 1.29 is 8.42 Å². The molecule has 2 atom stereocenters. The molecule has 2 rings (SSSR count). The lowest BCUT2D eigenvalue weighted by Crippen LogP contribution is -2.51. The van der Waals surface area contributed by atoms with Gasteiger partial charge in [0.25, 0.3) is 0 Å². The van der Waals surface area contributed by atoms with Crippen LogP contribution in [0, 0.1) is 5.92 Å². The van der Waals surface area contributed by atoms with E-state index in [2.05, 4.69) is 17.2 Å². The maximum atomic E-state index is 12.2. The Morgan fingerprint density at radius 3 is 2.81 bits per heavy atom. The standard InChI is InChI=1S/C15H25N3O2S/c1-12(2)21(19,20)18-8-6-15(13(3)11-18)17-10-14-5-4-7-16-9-14/h4-5,7,9,12-13,15,17H,6,8,10-11H2,1-3H3/t13-,15-/m1/s1. The number of sulfonamides is 1. The maximum Gasteiger partial charge on any atom is 0.216 e. The molecule has 1 aromatic heterocycles.